The Hall–Kier alpha value is -3.54. The number of alkyl halides is 3. The SMILES string of the molecule is O=C1c2ccccc2C(=O)C1C(=Nc1cccc(C(F)(F)F)c1)c1ccccc1. The minimum absolute atomic E-state index is 0.0234. The molecular weight excluding hydrogens is 379 g/mol. The van der Waals surface area contributed by atoms with Crippen molar-refractivity contribution < 1.29 is 22.8 Å². The molecule has 0 saturated heterocycles. The van der Waals surface area contributed by atoms with E-state index in [9.17, 15) is 22.8 Å². The third kappa shape index (κ3) is 3.49. The number of Topliss-reactive ketones (excluding diaryl/α,β-unsaturated/α-hetero) is 2. The summed E-state index contributed by atoms with van der Waals surface area (Å²) in [4.78, 5) is 30.3. The predicted octanol–water partition coefficient (Wildman–Crippen LogP) is 5.52. The number of halogens is 3. The van der Waals surface area contributed by atoms with E-state index in [0.29, 0.717) is 16.7 Å². The van der Waals surface area contributed by atoms with Crippen LogP contribution >= 0.6 is 0 Å². The van der Waals surface area contributed by atoms with Crippen LogP contribution in [0.25, 0.3) is 0 Å². The summed E-state index contributed by atoms with van der Waals surface area (Å²) in [6, 6.07) is 19.5. The van der Waals surface area contributed by atoms with Gasteiger partial charge in [0.25, 0.3) is 0 Å². The lowest BCUT2D eigenvalue weighted by Gasteiger charge is -2.13. The van der Waals surface area contributed by atoms with Crippen LogP contribution in [-0.4, -0.2) is 17.3 Å². The Morgan fingerprint density at radius 2 is 1.34 bits per heavy atom. The average molecular weight is 393 g/mol. The van der Waals surface area contributed by atoms with E-state index in [-0.39, 0.29) is 11.4 Å². The summed E-state index contributed by atoms with van der Waals surface area (Å²) in [5.74, 6) is -2.00. The second-order valence-electron chi connectivity index (χ2n) is 6.62. The number of ketones is 2. The number of carbonyl (C=O) groups is 2. The summed E-state index contributed by atoms with van der Waals surface area (Å²) in [5.41, 5.74) is 0.416. The molecule has 0 fully saturated rings. The maximum atomic E-state index is 13.1. The number of fused-ring (bicyclic) bond motifs is 1. The van der Waals surface area contributed by atoms with E-state index in [4.69, 9.17) is 0 Å². The molecule has 0 heterocycles. The van der Waals surface area contributed by atoms with Gasteiger partial charge in [-0.05, 0) is 23.8 Å². The Labute approximate surface area is 164 Å². The molecule has 6 heteroatoms. The summed E-state index contributed by atoms with van der Waals surface area (Å²) in [6.45, 7) is 0. The number of aliphatic imine (C=N–C) groups is 1. The van der Waals surface area contributed by atoms with Crippen molar-refractivity contribution in [3.8, 4) is 0 Å². The van der Waals surface area contributed by atoms with Crippen LogP contribution in [0.4, 0.5) is 18.9 Å². The van der Waals surface area contributed by atoms with Crippen molar-refractivity contribution in [2.75, 3.05) is 0 Å². The topological polar surface area (TPSA) is 46.5 Å². The summed E-state index contributed by atoms with van der Waals surface area (Å²) >= 11 is 0. The third-order valence-electron chi connectivity index (χ3n) is 4.75. The first kappa shape index (κ1) is 18.8. The number of benzene rings is 3. The molecule has 3 nitrogen and oxygen atoms in total. The van der Waals surface area contributed by atoms with Gasteiger partial charge in [-0.1, -0.05) is 60.7 Å². The van der Waals surface area contributed by atoms with Crippen molar-refractivity contribution in [2.45, 2.75) is 6.18 Å². The average Bonchev–Trinajstić information content (AvgIpc) is 2.97. The van der Waals surface area contributed by atoms with Gasteiger partial charge in [0, 0.05) is 11.1 Å². The zero-order chi connectivity index (χ0) is 20.6. The van der Waals surface area contributed by atoms with E-state index in [1.807, 2.05) is 0 Å². The summed E-state index contributed by atoms with van der Waals surface area (Å²) < 4.78 is 39.2. The summed E-state index contributed by atoms with van der Waals surface area (Å²) in [6.07, 6.45) is -4.52. The van der Waals surface area contributed by atoms with Gasteiger partial charge in [0.2, 0.25) is 0 Å². The zero-order valence-corrected chi connectivity index (χ0v) is 15.0. The normalized spacial score (nSPS) is 14.9. The summed E-state index contributed by atoms with van der Waals surface area (Å²) in [7, 11) is 0. The number of rotatable bonds is 3. The minimum Gasteiger partial charge on any atom is -0.293 e. The minimum atomic E-state index is -4.52. The van der Waals surface area contributed by atoms with Gasteiger partial charge in [0.05, 0.1) is 17.0 Å². The van der Waals surface area contributed by atoms with Crippen LogP contribution in [0.15, 0.2) is 83.9 Å². The lowest BCUT2D eigenvalue weighted by Crippen LogP contribution is -2.26. The molecule has 0 atom stereocenters. The molecule has 144 valence electrons. The lowest BCUT2D eigenvalue weighted by atomic mass is 9.92. The van der Waals surface area contributed by atoms with Gasteiger partial charge in [0.15, 0.2) is 11.6 Å². The number of carbonyl (C=O) groups excluding carboxylic acids is 2. The highest BCUT2D eigenvalue weighted by Crippen LogP contribution is 2.34. The summed E-state index contributed by atoms with van der Waals surface area (Å²) in [5, 5.41) is 0. The van der Waals surface area contributed by atoms with Gasteiger partial charge in [-0.2, -0.15) is 13.2 Å². The highest BCUT2D eigenvalue weighted by Gasteiger charge is 2.42. The van der Waals surface area contributed by atoms with Crippen LogP contribution in [0.2, 0.25) is 0 Å². The molecule has 0 aromatic heterocycles. The molecule has 1 aliphatic carbocycles. The van der Waals surface area contributed by atoms with Crippen molar-refractivity contribution in [3.05, 3.63) is 101 Å². The van der Waals surface area contributed by atoms with E-state index in [1.165, 1.54) is 12.1 Å². The molecular formula is C23H14F3NO2. The second kappa shape index (κ2) is 7.13. The standard InChI is InChI=1S/C23H14F3NO2/c24-23(25,26)15-9-6-10-16(13-15)27-20(14-7-2-1-3-8-14)19-21(28)17-11-4-5-12-18(17)22(19)29/h1-13,19H. The first-order valence-electron chi connectivity index (χ1n) is 8.85. The third-order valence-corrected chi connectivity index (χ3v) is 4.75. The largest absolute Gasteiger partial charge is 0.416 e. The van der Waals surface area contributed by atoms with Crippen LogP contribution in [-0.2, 0) is 6.18 Å². The van der Waals surface area contributed by atoms with E-state index in [0.717, 1.165) is 12.1 Å². The number of hydrogen-bond acceptors (Lipinski definition) is 3. The smallest absolute Gasteiger partial charge is 0.293 e. The van der Waals surface area contributed by atoms with Crippen LogP contribution in [0.5, 0.6) is 0 Å². The van der Waals surface area contributed by atoms with Gasteiger partial charge in [-0.3, -0.25) is 14.6 Å². The van der Waals surface area contributed by atoms with Gasteiger partial charge >= 0.3 is 6.18 Å². The van der Waals surface area contributed by atoms with Crippen LogP contribution < -0.4 is 0 Å². The molecule has 4 rings (SSSR count). The number of hydrogen-bond donors (Lipinski definition) is 0. The fourth-order valence-corrected chi connectivity index (χ4v) is 3.39. The van der Waals surface area contributed by atoms with Crippen molar-refractivity contribution in [3.63, 3.8) is 0 Å². The van der Waals surface area contributed by atoms with E-state index in [1.54, 1.807) is 54.6 Å². The van der Waals surface area contributed by atoms with Crippen LogP contribution in [0, 0.1) is 5.92 Å². The zero-order valence-electron chi connectivity index (χ0n) is 15.0. The molecule has 29 heavy (non-hydrogen) atoms. The molecule has 0 amide bonds. The molecule has 0 saturated carbocycles. The highest BCUT2D eigenvalue weighted by molar-refractivity contribution is 6.39. The van der Waals surface area contributed by atoms with Crippen molar-refractivity contribution >= 4 is 23.0 Å². The van der Waals surface area contributed by atoms with E-state index in [2.05, 4.69) is 4.99 Å². The highest BCUT2D eigenvalue weighted by atomic mass is 19.4. The Kier molecular flexibility index (Phi) is 4.62. The monoisotopic (exact) mass is 393 g/mol. The first-order valence-corrected chi connectivity index (χ1v) is 8.85. The fourth-order valence-electron chi connectivity index (χ4n) is 3.39. The quantitative estimate of drug-likeness (QED) is 0.434. The molecule has 0 unspecified atom stereocenters. The molecule has 0 radical (unpaired) electrons. The predicted molar refractivity (Wildman–Crippen MR) is 103 cm³/mol. The lowest BCUT2D eigenvalue weighted by molar-refractivity contribution is -0.137. The van der Waals surface area contributed by atoms with Crippen molar-refractivity contribution in [1.29, 1.82) is 0 Å². The Balaban J connectivity index is 1.86. The van der Waals surface area contributed by atoms with Crippen LogP contribution in [0.1, 0.15) is 31.8 Å². The van der Waals surface area contributed by atoms with Gasteiger partial charge in [0.1, 0.15) is 5.92 Å². The maximum Gasteiger partial charge on any atom is 0.416 e. The Bertz CT molecular complexity index is 1100. The fraction of sp³-hybridized carbons (Fsp3) is 0.0870. The van der Waals surface area contributed by atoms with Crippen molar-refractivity contribution in [2.24, 2.45) is 10.9 Å². The molecule has 0 N–H and O–H groups in total. The molecule has 1 aliphatic rings. The van der Waals surface area contributed by atoms with Gasteiger partial charge < -0.3 is 0 Å². The molecule has 3 aromatic carbocycles. The second-order valence-corrected chi connectivity index (χ2v) is 6.62. The molecule has 0 aliphatic heterocycles. The Morgan fingerprint density at radius 3 is 1.93 bits per heavy atom. The first-order chi connectivity index (χ1) is 13.9. The van der Waals surface area contributed by atoms with Crippen molar-refractivity contribution in [1.82, 2.24) is 0 Å². The van der Waals surface area contributed by atoms with Crippen LogP contribution in [0.3, 0.4) is 0 Å². The molecule has 0 spiro atoms. The molecule has 0 bridgehead atoms. The molecule has 3 aromatic rings. The Morgan fingerprint density at radius 1 is 0.759 bits per heavy atom. The van der Waals surface area contributed by atoms with E-state index >= 15 is 0 Å². The van der Waals surface area contributed by atoms with E-state index < -0.39 is 29.2 Å². The number of nitrogens with zero attached hydrogens (tertiary/aromatic N) is 1. The maximum absolute atomic E-state index is 13.1. The van der Waals surface area contributed by atoms with Gasteiger partial charge in [-0.15, -0.1) is 0 Å². The van der Waals surface area contributed by atoms with Gasteiger partial charge in [-0.25, -0.2) is 0 Å².